The van der Waals surface area contributed by atoms with Crippen molar-refractivity contribution >= 4 is 27.5 Å². The Kier molecular flexibility index (Phi) is 4.14. The van der Waals surface area contributed by atoms with Crippen LogP contribution in [0.1, 0.15) is 18.9 Å². The Bertz CT molecular complexity index is 410. The van der Waals surface area contributed by atoms with Gasteiger partial charge >= 0.3 is 0 Å². The van der Waals surface area contributed by atoms with Gasteiger partial charge in [-0.05, 0) is 48.7 Å². The van der Waals surface area contributed by atoms with Crippen LogP contribution in [0.4, 0.5) is 0 Å². The van der Waals surface area contributed by atoms with Crippen LogP contribution in [0.25, 0.3) is 0 Å². The number of nitrogens with zero attached hydrogens (tertiary/aromatic N) is 1. The maximum atomic E-state index is 6.03. The van der Waals surface area contributed by atoms with Gasteiger partial charge in [0.25, 0.3) is 0 Å². The highest BCUT2D eigenvalue weighted by molar-refractivity contribution is 9.10. The first-order valence-corrected chi connectivity index (χ1v) is 7.06. The zero-order valence-electron chi connectivity index (χ0n) is 10.0. The molecule has 2 nitrogen and oxygen atoms in total. The summed E-state index contributed by atoms with van der Waals surface area (Å²) in [5.41, 5.74) is 7.35. The summed E-state index contributed by atoms with van der Waals surface area (Å²) in [6.07, 6.45) is 1.18. The monoisotopic (exact) mass is 316 g/mol. The molecule has 0 aromatic heterocycles. The van der Waals surface area contributed by atoms with Crippen molar-refractivity contribution in [2.75, 3.05) is 19.6 Å². The maximum absolute atomic E-state index is 6.03. The van der Waals surface area contributed by atoms with Crippen LogP contribution >= 0.6 is 27.5 Å². The molecule has 1 atom stereocenters. The second-order valence-corrected chi connectivity index (χ2v) is 6.50. The number of benzene rings is 1. The molecule has 1 heterocycles. The van der Waals surface area contributed by atoms with Crippen LogP contribution in [-0.2, 0) is 6.54 Å². The van der Waals surface area contributed by atoms with Crippen molar-refractivity contribution in [3.63, 3.8) is 0 Å². The van der Waals surface area contributed by atoms with E-state index in [0.29, 0.717) is 0 Å². The maximum Gasteiger partial charge on any atom is 0.0410 e. The Morgan fingerprint density at radius 2 is 2.29 bits per heavy atom. The summed E-state index contributed by atoms with van der Waals surface area (Å²) in [4.78, 5) is 2.45. The molecule has 0 spiro atoms. The largest absolute Gasteiger partial charge is 0.330 e. The van der Waals surface area contributed by atoms with E-state index in [2.05, 4.69) is 27.8 Å². The van der Waals surface area contributed by atoms with Gasteiger partial charge in [0.1, 0.15) is 0 Å². The number of nitrogens with two attached hydrogens (primary N) is 1. The summed E-state index contributed by atoms with van der Waals surface area (Å²) in [7, 11) is 0. The van der Waals surface area contributed by atoms with E-state index >= 15 is 0 Å². The van der Waals surface area contributed by atoms with Gasteiger partial charge in [-0.2, -0.15) is 0 Å². The van der Waals surface area contributed by atoms with E-state index in [-0.39, 0.29) is 5.41 Å². The molecule has 2 N–H and O–H groups in total. The van der Waals surface area contributed by atoms with E-state index in [1.807, 2.05) is 18.2 Å². The number of likely N-dealkylation sites (tertiary alicyclic amines) is 1. The fourth-order valence-corrected chi connectivity index (χ4v) is 2.90. The van der Waals surface area contributed by atoms with Crippen molar-refractivity contribution in [3.05, 3.63) is 33.3 Å². The summed E-state index contributed by atoms with van der Waals surface area (Å²) < 4.78 is 1.13. The normalized spacial score (nSPS) is 25.4. The number of rotatable bonds is 3. The molecule has 1 fully saturated rings. The van der Waals surface area contributed by atoms with Crippen molar-refractivity contribution in [2.45, 2.75) is 19.9 Å². The van der Waals surface area contributed by atoms with Crippen molar-refractivity contribution in [2.24, 2.45) is 11.1 Å². The second kappa shape index (κ2) is 5.27. The average molecular weight is 318 g/mol. The van der Waals surface area contributed by atoms with E-state index in [0.717, 1.165) is 35.7 Å². The molecule has 0 amide bonds. The van der Waals surface area contributed by atoms with Crippen LogP contribution in [0, 0.1) is 5.41 Å². The van der Waals surface area contributed by atoms with Gasteiger partial charge in [-0.25, -0.2) is 0 Å². The zero-order chi connectivity index (χ0) is 12.5. The average Bonchev–Trinajstić information content (AvgIpc) is 2.67. The minimum absolute atomic E-state index is 0.283. The molecule has 0 saturated carbocycles. The Balaban J connectivity index is 2.05. The molecule has 4 heteroatoms. The van der Waals surface area contributed by atoms with Gasteiger partial charge in [0, 0.05) is 22.6 Å². The van der Waals surface area contributed by atoms with E-state index in [9.17, 15) is 0 Å². The summed E-state index contributed by atoms with van der Waals surface area (Å²) in [6.45, 7) is 6.16. The first-order chi connectivity index (χ1) is 8.02. The van der Waals surface area contributed by atoms with Crippen LogP contribution in [0.15, 0.2) is 22.7 Å². The number of halogens is 2. The summed E-state index contributed by atoms with van der Waals surface area (Å²) in [5, 5.41) is 0.795. The summed E-state index contributed by atoms with van der Waals surface area (Å²) >= 11 is 9.60. The molecule has 0 aliphatic carbocycles. The molecule has 0 bridgehead atoms. The van der Waals surface area contributed by atoms with Gasteiger partial charge in [-0.3, -0.25) is 4.90 Å². The first-order valence-electron chi connectivity index (χ1n) is 5.89. The van der Waals surface area contributed by atoms with Gasteiger partial charge in [-0.15, -0.1) is 0 Å². The third kappa shape index (κ3) is 3.22. The van der Waals surface area contributed by atoms with Crippen LogP contribution in [0.3, 0.4) is 0 Å². The lowest BCUT2D eigenvalue weighted by Crippen LogP contribution is -2.31. The summed E-state index contributed by atoms with van der Waals surface area (Å²) in [6, 6.07) is 5.95. The summed E-state index contributed by atoms with van der Waals surface area (Å²) in [5.74, 6) is 0. The van der Waals surface area contributed by atoms with Crippen LogP contribution in [0.5, 0.6) is 0 Å². The molecular weight excluding hydrogens is 300 g/mol. The molecule has 0 radical (unpaired) electrons. The quantitative estimate of drug-likeness (QED) is 0.927. The predicted octanol–water partition coefficient (Wildman–Crippen LogP) is 3.27. The zero-order valence-corrected chi connectivity index (χ0v) is 12.4. The lowest BCUT2D eigenvalue weighted by atomic mass is 9.90. The highest BCUT2D eigenvalue weighted by Gasteiger charge is 2.32. The Morgan fingerprint density at radius 3 is 2.94 bits per heavy atom. The fraction of sp³-hybridized carbons (Fsp3) is 0.538. The fourth-order valence-electron chi connectivity index (χ4n) is 2.33. The van der Waals surface area contributed by atoms with E-state index < -0.39 is 0 Å². The molecule has 1 unspecified atom stereocenters. The van der Waals surface area contributed by atoms with Crippen molar-refractivity contribution in [1.29, 1.82) is 0 Å². The first kappa shape index (κ1) is 13.3. The van der Waals surface area contributed by atoms with Crippen LogP contribution < -0.4 is 5.73 Å². The second-order valence-electron chi connectivity index (χ2n) is 5.21. The number of hydrogen-bond acceptors (Lipinski definition) is 2. The SMILES string of the molecule is CC1(CN)CCN(Cc2cc(Cl)ccc2Br)C1. The Hall–Kier alpha value is -0.0900. The van der Waals surface area contributed by atoms with Crippen molar-refractivity contribution in [1.82, 2.24) is 4.90 Å². The van der Waals surface area contributed by atoms with Gasteiger partial charge in [0.05, 0.1) is 0 Å². The molecule has 94 valence electrons. The van der Waals surface area contributed by atoms with E-state index in [1.54, 1.807) is 0 Å². The molecule has 1 aliphatic rings. The van der Waals surface area contributed by atoms with E-state index in [4.69, 9.17) is 17.3 Å². The minimum atomic E-state index is 0.283. The molecule has 2 rings (SSSR count). The van der Waals surface area contributed by atoms with Gasteiger partial charge < -0.3 is 5.73 Å². The van der Waals surface area contributed by atoms with Crippen molar-refractivity contribution in [3.8, 4) is 0 Å². The molecule has 17 heavy (non-hydrogen) atoms. The van der Waals surface area contributed by atoms with Crippen LogP contribution in [0.2, 0.25) is 5.02 Å². The molecular formula is C13H18BrClN2. The van der Waals surface area contributed by atoms with E-state index in [1.165, 1.54) is 12.0 Å². The third-order valence-corrected chi connectivity index (χ3v) is 4.54. The van der Waals surface area contributed by atoms with Crippen LogP contribution in [-0.4, -0.2) is 24.5 Å². The lowest BCUT2D eigenvalue weighted by Gasteiger charge is -2.23. The van der Waals surface area contributed by atoms with Gasteiger partial charge in [-0.1, -0.05) is 34.5 Å². The molecule has 1 aromatic rings. The third-order valence-electron chi connectivity index (χ3n) is 3.53. The molecule has 1 saturated heterocycles. The molecule has 1 aromatic carbocycles. The minimum Gasteiger partial charge on any atom is -0.330 e. The van der Waals surface area contributed by atoms with Gasteiger partial charge in [0.15, 0.2) is 0 Å². The molecule has 1 aliphatic heterocycles. The topological polar surface area (TPSA) is 29.3 Å². The highest BCUT2D eigenvalue weighted by Crippen LogP contribution is 2.31. The lowest BCUT2D eigenvalue weighted by molar-refractivity contribution is 0.274. The predicted molar refractivity (Wildman–Crippen MR) is 76.2 cm³/mol. The number of hydrogen-bond donors (Lipinski definition) is 1. The standard InChI is InChI=1S/C13H18BrClN2/c1-13(8-16)4-5-17(9-13)7-10-6-11(15)2-3-12(10)14/h2-3,6H,4-5,7-9,16H2,1H3. The highest BCUT2D eigenvalue weighted by atomic mass is 79.9. The smallest absolute Gasteiger partial charge is 0.0410 e. The van der Waals surface area contributed by atoms with Gasteiger partial charge in [0.2, 0.25) is 0 Å². The van der Waals surface area contributed by atoms with Crippen molar-refractivity contribution < 1.29 is 0 Å². The Labute approximate surface area is 116 Å². The Morgan fingerprint density at radius 1 is 1.53 bits per heavy atom.